The Hall–Kier alpha value is -2.13. The maximum atomic E-state index is 6.34. The van der Waals surface area contributed by atoms with E-state index < -0.39 is 0 Å². The number of hydrogen-bond acceptors (Lipinski definition) is 10. The molecule has 1 fully saturated rings. The molecule has 0 bridgehead atoms. The molecule has 2 heterocycles. The van der Waals surface area contributed by atoms with E-state index in [0.717, 1.165) is 24.9 Å². The molecule has 10 nitrogen and oxygen atoms in total. The van der Waals surface area contributed by atoms with Crippen LogP contribution in [0, 0.1) is 10.5 Å². The van der Waals surface area contributed by atoms with Crippen LogP contribution in [0.1, 0.15) is 18.1 Å². The van der Waals surface area contributed by atoms with Crippen LogP contribution in [0.2, 0.25) is 5.02 Å². The van der Waals surface area contributed by atoms with Gasteiger partial charge in [0.05, 0.1) is 42.4 Å². The van der Waals surface area contributed by atoms with Crippen LogP contribution in [0.3, 0.4) is 0 Å². The zero-order valence-electron chi connectivity index (χ0n) is 20.9. The maximum absolute atomic E-state index is 6.34. The van der Waals surface area contributed by atoms with E-state index in [-0.39, 0.29) is 18.4 Å². The number of benzene rings is 2. The number of nitrogens with zero attached hydrogens (tertiary/aromatic N) is 5. The molecule has 14 heteroatoms. The van der Waals surface area contributed by atoms with E-state index in [1.807, 2.05) is 43.0 Å². The van der Waals surface area contributed by atoms with Crippen LogP contribution in [0.15, 0.2) is 33.8 Å². The van der Waals surface area contributed by atoms with Crippen molar-refractivity contribution < 1.29 is 14.2 Å². The smallest absolute Gasteiger partial charge is 0.250 e. The van der Waals surface area contributed by atoms with Crippen molar-refractivity contribution in [2.24, 2.45) is 5.10 Å². The fourth-order valence-corrected chi connectivity index (χ4v) is 5.00. The first-order chi connectivity index (χ1) is 17.9. The van der Waals surface area contributed by atoms with Gasteiger partial charge in [-0.2, -0.15) is 20.1 Å². The second kappa shape index (κ2) is 14.3. The van der Waals surface area contributed by atoms with Gasteiger partial charge in [-0.05, 0) is 87.8 Å². The van der Waals surface area contributed by atoms with Crippen molar-refractivity contribution in [3.05, 3.63) is 48.5 Å². The van der Waals surface area contributed by atoms with E-state index in [1.54, 1.807) is 13.3 Å². The van der Waals surface area contributed by atoms with Crippen LogP contribution in [0.5, 0.6) is 11.5 Å². The topological polar surface area (TPSA) is 106 Å². The number of morpholine rings is 1. The molecule has 0 aliphatic carbocycles. The highest BCUT2D eigenvalue weighted by molar-refractivity contribution is 14.1. The minimum atomic E-state index is 0. The van der Waals surface area contributed by atoms with Gasteiger partial charge < -0.3 is 24.4 Å². The van der Waals surface area contributed by atoms with Crippen LogP contribution < -0.4 is 25.1 Å². The Kier molecular flexibility index (Phi) is 11.5. The summed E-state index contributed by atoms with van der Waals surface area (Å²) in [5.74, 6) is 2.51. The van der Waals surface area contributed by atoms with Crippen molar-refractivity contribution in [3.8, 4) is 11.5 Å². The summed E-state index contributed by atoms with van der Waals surface area (Å²) in [5, 5.41) is 8.22. The van der Waals surface area contributed by atoms with Crippen molar-refractivity contribution in [2.45, 2.75) is 13.8 Å². The van der Waals surface area contributed by atoms with Gasteiger partial charge in [-0.15, -0.1) is 12.4 Å². The zero-order valence-corrected chi connectivity index (χ0v) is 26.2. The fourth-order valence-electron chi connectivity index (χ4n) is 3.50. The molecule has 0 saturated carbocycles. The average molecular weight is 739 g/mol. The van der Waals surface area contributed by atoms with Crippen LogP contribution >= 0.6 is 62.5 Å². The number of ether oxygens (including phenoxy) is 3. The molecule has 38 heavy (non-hydrogen) atoms. The van der Waals surface area contributed by atoms with E-state index >= 15 is 0 Å². The number of anilines is 4. The SMILES string of the molecule is CCOc1c(I)cc(C=NNc2nc(Nc3cc(Cl)c(C)cc3Br)nc(N3CCOCC3)n2)cc1OC.Cl. The van der Waals surface area contributed by atoms with E-state index in [2.05, 4.69) is 69.3 Å². The zero-order chi connectivity index (χ0) is 26.4. The van der Waals surface area contributed by atoms with E-state index in [4.69, 9.17) is 25.8 Å². The number of rotatable bonds is 9. The number of aryl methyl sites for hydroxylation is 1. The minimum Gasteiger partial charge on any atom is -0.493 e. The molecule has 204 valence electrons. The average Bonchev–Trinajstić information content (AvgIpc) is 2.89. The van der Waals surface area contributed by atoms with Crippen molar-refractivity contribution >= 4 is 92.3 Å². The third kappa shape index (κ3) is 7.72. The van der Waals surface area contributed by atoms with Crippen LogP contribution in [0.4, 0.5) is 23.5 Å². The van der Waals surface area contributed by atoms with Gasteiger partial charge in [-0.25, -0.2) is 5.43 Å². The summed E-state index contributed by atoms with van der Waals surface area (Å²) in [4.78, 5) is 15.8. The first-order valence-electron chi connectivity index (χ1n) is 11.5. The molecule has 2 N–H and O–H groups in total. The molecular formula is C24H27BrCl2IN7O3. The Bertz CT molecular complexity index is 1300. The summed E-state index contributed by atoms with van der Waals surface area (Å²) >= 11 is 12.1. The van der Waals surface area contributed by atoms with Gasteiger partial charge in [0.15, 0.2) is 11.5 Å². The first-order valence-corrected chi connectivity index (χ1v) is 13.7. The van der Waals surface area contributed by atoms with Crippen molar-refractivity contribution in [1.29, 1.82) is 0 Å². The highest BCUT2D eigenvalue weighted by Gasteiger charge is 2.17. The third-order valence-electron chi connectivity index (χ3n) is 5.33. The van der Waals surface area contributed by atoms with Gasteiger partial charge in [-0.3, -0.25) is 0 Å². The lowest BCUT2D eigenvalue weighted by atomic mass is 10.2. The van der Waals surface area contributed by atoms with Crippen LogP contribution in [-0.2, 0) is 4.74 Å². The molecule has 0 radical (unpaired) electrons. The van der Waals surface area contributed by atoms with E-state index in [0.29, 0.717) is 61.3 Å². The van der Waals surface area contributed by atoms with Crippen molar-refractivity contribution in [1.82, 2.24) is 15.0 Å². The van der Waals surface area contributed by atoms with Crippen molar-refractivity contribution in [3.63, 3.8) is 0 Å². The fraction of sp³-hybridized carbons (Fsp3) is 0.333. The molecule has 0 spiro atoms. The molecule has 1 aliphatic heterocycles. The lowest BCUT2D eigenvalue weighted by Crippen LogP contribution is -2.37. The van der Waals surface area contributed by atoms with Crippen LogP contribution in [0.25, 0.3) is 0 Å². The second-order valence-corrected chi connectivity index (χ2v) is 10.3. The number of halogens is 4. The molecular weight excluding hydrogens is 712 g/mol. The molecule has 0 atom stereocenters. The van der Waals surface area contributed by atoms with Crippen LogP contribution in [-0.4, -0.2) is 61.2 Å². The van der Waals surface area contributed by atoms with E-state index in [1.165, 1.54) is 0 Å². The standard InChI is InChI=1S/C24H26BrClIN7O3.ClH/c1-4-37-21-18(27)10-15(11-20(21)35-3)13-28-33-23-30-22(29-19-12-17(26)14(2)9-16(19)25)31-24(32-23)34-5-7-36-8-6-34;/h9-13H,4-8H2,1-3H3,(H2,29,30,31,32,33);1H. The summed E-state index contributed by atoms with van der Waals surface area (Å²) < 4.78 is 18.4. The molecule has 1 saturated heterocycles. The van der Waals surface area contributed by atoms with Gasteiger partial charge >= 0.3 is 0 Å². The maximum Gasteiger partial charge on any atom is 0.250 e. The van der Waals surface area contributed by atoms with Gasteiger partial charge in [0.2, 0.25) is 17.8 Å². The van der Waals surface area contributed by atoms with Gasteiger partial charge in [-0.1, -0.05) is 11.6 Å². The Morgan fingerprint density at radius 1 is 1.18 bits per heavy atom. The summed E-state index contributed by atoms with van der Waals surface area (Å²) in [6.07, 6.45) is 1.67. The number of methoxy groups -OCH3 is 1. The quantitative estimate of drug-likeness (QED) is 0.154. The predicted octanol–water partition coefficient (Wildman–Crippen LogP) is 6.06. The highest BCUT2D eigenvalue weighted by atomic mass is 127. The second-order valence-electron chi connectivity index (χ2n) is 7.93. The Labute approximate surface area is 254 Å². The third-order valence-corrected chi connectivity index (χ3v) is 7.20. The Balaban J connectivity index is 0.00000400. The number of nitrogens with one attached hydrogen (secondary N) is 2. The lowest BCUT2D eigenvalue weighted by Gasteiger charge is -2.27. The molecule has 2 aromatic carbocycles. The molecule has 1 aromatic heterocycles. The Morgan fingerprint density at radius 3 is 2.63 bits per heavy atom. The lowest BCUT2D eigenvalue weighted by molar-refractivity contribution is 0.122. The van der Waals surface area contributed by atoms with Crippen molar-refractivity contribution in [2.75, 3.05) is 55.7 Å². The van der Waals surface area contributed by atoms with Gasteiger partial charge in [0, 0.05) is 22.6 Å². The van der Waals surface area contributed by atoms with Gasteiger partial charge in [0.1, 0.15) is 0 Å². The molecule has 3 aromatic rings. The molecule has 4 rings (SSSR count). The number of hydrazone groups is 1. The number of hydrogen-bond donors (Lipinski definition) is 2. The van der Waals surface area contributed by atoms with Gasteiger partial charge in [0.25, 0.3) is 0 Å². The van der Waals surface area contributed by atoms with E-state index in [9.17, 15) is 0 Å². The molecule has 0 amide bonds. The summed E-state index contributed by atoms with van der Waals surface area (Å²) in [6, 6.07) is 7.57. The summed E-state index contributed by atoms with van der Waals surface area (Å²) in [7, 11) is 1.61. The Morgan fingerprint density at radius 2 is 1.92 bits per heavy atom. The molecule has 1 aliphatic rings. The summed E-state index contributed by atoms with van der Waals surface area (Å²) in [6.45, 7) is 6.99. The normalized spacial score (nSPS) is 13.3. The minimum absolute atomic E-state index is 0. The highest BCUT2D eigenvalue weighted by Crippen LogP contribution is 2.34. The summed E-state index contributed by atoms with van der Waals surface area (Å²) in [5.41, 5.74) is 5.45. The largest absolute Gasteiger partial charge is 0.493 e. The number of aromatic nitrogens is 3. The monoisotopic (exact) mass is 737 g/mol. The predicted molar refractivity (Wildman–Crippen MR) is 165 cm³/mol. The molecule has 0 unspecified atom stereocenters. The first kappa shape index (κ1) is 30.4.